The summed E-state index contributed by atoms with van der Waals surface area (Å²) < 4.78 is 37.0. The van der Waals surface area contributed by atoms with Crippen LogP contribution in [0.15, 0.2) is 45.7 Å². The SMILES string of the molecule is COC(=O)c1ccc(C)c(NC(=O)COC(=O)c2ccc3c(c2)SC2=NS(=O)(=O)CCN23)c1. The van der Waals surface area contributed by atoms with Crippen LogP contribution >= 0.6 is 11.8 Å². The van der Waals surface area contributed by atoms with Crippen LogP contribution in [0.5, 0.6) is 0 Å². The van der Waals surface area contributed by atoms with Gasteiger partial charge in [0.05, 0.1) is 29.7 Å². The number of ether oxygens (including phenoxy) is 2. The first-order chi connectivity index (χ1) is 15.7. The number of nitrogens with zero attached hydrogens (tertiary/aromatic N) is 2. The number of methoxy groups -OCH3 is 1. The number of fused-ring (bicyclic) bond motifs is 3. The summed E-state index contributed by atoms with van der Waals surface area (Å²) in [6, 6.07) is 9.56. The summed E-state index contributed by atoms with van der Waals surface area (Å²) in [6.07, 6.45) is 0. The van der Waals surface area contributed by atoms with Crippen molar-refractivity contribution in [1.82, 2.24) is 0 Å². The number of rotatable bonds is 5. The number of nitrogens with one attached hydrogen (secondary N) is 1. The minimum absolute atomic E-state index is 0.0720. The zero-order valence-electron chi connectivity index (χ0n) is 17.7. The van der Waals surface area contributed by atoms with Gasteiger partial charge in [0, 0.05) is 17.1 Å². The lowest BCUT2D eigenvalue weighted by molar-refractivity contribution is -0.119. The second-order valence-electron chi connectivity index (χ2n) is 7.24. The van der Waals surface area contributed by atoms with Crippen molar-refractivity contribution >= 4 is 56.2 Å². The molecule has 33 heavy (non-hydrogen) atoms. The highest BCUT2D eigenvalue weighted by atomic mass is 32.2. The number of aryl methyl sites for hydroxylation is 1. The van der Waals surface area contributed by atoms with Gasteiger partial charge in [-0.1, -0.05) is 6.07 Å². The third kappa shape index (κ3) is 4.86. The number of amides is 1. The lowest BCUT2D eigenvalue weighted by Crippen LogP contribution is -2.35. The Balaban J connectivity index is 1.40. The van der Waals surface area contributed by atoms with Gasteiger partial charge in [0.1, 0.15) is 0 Å². The first-order valence-corrected chi connectivity index (χ1v) is 12.2. The maximum absolute atomic E-state index is 12.5. The number of esters is 2. The lowest BCUT2D eigenvalue weighted by Gasteiger charge is -2.22. The molecule has 12 heteroatoms. The predicted octanol–water partition coefficient (Wildman–Crippen LogP) is 2.19. The normalized spacial score (nSPS) is 15.7. The van der Waals surface area contributed by atoms with E-state index in [1.165, 1.54) is 13.2 Å². The van der Waals surface area contributed by atoms with Crippen molar-refractivity contribution in [2.75, 3.05) is 36.2 Å². The second-order valence-corrected chi connectivity index (χ2v) is 10.0. The molecule has 0 aliphatic carbocycles. The molecule has 0 fully saturated rings. The van der Waals surface area contributed by atoms with Crippen molar-refractivity contribution in [3.63, 3.8) is 0 Å². The van der Waals surface area contributed by atoms with Gasteiger partial charge in [0.15, 0.2) is 11.8 Å². The van der Waals surface area contributed by atoms with E-state index in [1.54, 1.807) is 42.2 Å². The Kier molecular flexibility index (Phi) is 6.13. The van der Waals surface area contributed by atoms with E-state index >= 15 is 0 Å². The van der Waals surface area contributed by atoms with Crippen LogP contribution in [0.3, 0.4) is 0 Å². The first-order valence-electron chi connectivity index (χ1n) is 9.75. The molecule has 0 atom stereocenters. The molecule has 0 radical (unpaired) electrons. The highest BCUT2D eigenvalue weighted by molar-refractivity contribution is 8.15. The molecule has 2 aromatic rings. The van der Waals surface area contributed by atoms with E-state index in [-0.39, 0.29) is 16.9 Å². The molecule has 2 aromatic carbocycles. The fourth-order valence-electron chi connectivity index (χ4n) is 3.26. The Morgan fingerprint density at radius 2 is 1.85 bits per heavy atom. The lowest BCUT2D eigenvalue weighted by atomic mass is 10.1. The molecule has 4 rings (SSSR count). The van der Waals surface area contributed by atoms with Crippen LogP contribution < -0.4 is 10.2 Å². The molecule has 0 saturated heterocycles. The van der Waals surface area contributed by atoms with E-state index in [0.29, 0.717) is 22.3 Å². The Bertz CT molecular complexity index is 1300. The van der Waals surface area contributed by atoms with Gasteiger partial charge in [-0.25, -0.2) is 18.0 Å². The van der Waals surface area contributed by atoms with E-state index in [0.717, 1.165) is 23.0 Å². The number of anilines is 2. The fourth-order valence-corrected chi connectivity index (χ4v) is 5.56. The van der Waals surface area contributed by atoms with Crippen molar-refractivity contribution in [3.8, 4) is 0 Å². The van der Waals surface area contributed by atoms with E-state index in [2.05, 4.69) is 14.5 Å². The number of sulfonamides is 1. The molecule has 10 nitrogen and oxygen atoms in total. The van der Waals surface area contributed by atoms with Crippen LogP contribution in [0.2, 0.25) is 0 Å². The van der Waals surface area contributed by atoms with Crippen molar-refractivity contribution < 1.29 is 32.3 Å². The van der Waals surface area contributed by atoms with Crippen LogP contribution in [-0.2, 0) is 24.3 Å². The van der Waals surface area contributed by atoms with Crippen LogP contribution in [-0.4, -0.2) is 57.4 Å². The van der Waals surface area contributed by atoms with Gasteiger partial charge in [0.2, 0.25) is 0 Å². The molecule has 1 N–H and O–H groups in total. The molecule has 1 amide bonds. The van der Waals surface area contributed by atoms with Crippen molar-refractivity contribution in [1.29, 1.82) is 0 Å². The molecule has 172 valence electrons. The molecule has 2 aliphatic rings. The molecular weight excluding hydrogens is 470 g/mol. The summed E-state index contributed by atoms with van der Waals surface area (Å²) in [7, 11) is -2.21. The summed E-state index contributed by atoms with van der Waals surface area (Å²) in [5, 5.41) is 2.96. The standard InChI is InChI=1S/C21H19N3O7S2/c1-12-3-4-13(19(26)30-2)9-15(12)22-18(25)11-31-20(27)14-5-6-16-17(10-14)32-21-23-33(28,29)8-7-24(16)21/h3-6,9-10H,7-8,11H2,1-2H3,(H,22,25). The van der Waals surface area contributed by atoms with Gasteiger partial charge < -0.3 is 19.7 Å². The Morgan fingerprint density at radius 3 is 2.61 bits per heavy atom. The zero-order valence-corrected chi connectivity index (χ0v) is 19.3. The zero-order chi connectivity index (χ0) is 23.8. The molecule has 0 spiro atoms. The average Bonchev–Trinajstić information content (AvgIpc) is 3.13. The van der Waals surface area contributed by atoms with Crippen LogP contribution in [0.4, 0.5) is 11.4 Å². The second kappa shape index (κ2) is 8.87. The summed E-state index contributed by atoms with van der Waals surface area (Å²) in [5.74, 6) is -1.88. The van der Waals surface area contributed by atoms with Gasteiger partial charge in [-0.05, 0) is 54.6 Å². The Hall–Kier alpha value is -3.38. The molecule has 0 unspecified atom stereocenters. The number of hydrogen-bond acceptors (Lipinski definition) is 9. The Labute approximate surface area is 194 Å². The maximum Gasteiger partial charge on any atom is 0.338 e. The molecular formula is C21H19N3O7S2. The Morgan fingerprint density at radius 1 is 1.12 bits per heavy atom. The number of carbonyl (C=O) groups excluding carboxylic acids is 3. The highest BCUT2D eigenvalue weighted by Gasteiger charge is 2.33. The topological polar surface area (TPSA) is 131 Å². The van der Waals surface area contributed by atoms with Gasteiger partial charge >= 0.3 is 11.9 Å². The maximum atomic E-state index is 12.5. The third-order valence-electron chi connectivity index (χ3n) is 4.98. The van der Waals surface area contributed by atoms with E-state index in [1.807, 2.05) is 0 Å². The van der Waals surface area contributed by atoms with Gasteiger partial charge in [-0.3, -0.25) is 4.79 Å². The van der Waals surface area contributed by atoms with Gasteiger partial charge in [-0.15, -0.1) is 4.40 Å². The summed E-state index contributed by atoms with van der Waals surface area (Å²) in [5.41, 5.74) is 2.39. The minimum atomic E-state index is -3.47. The van der Waals surface area contributed by atoms with Crippen LogP contribution in [0, 0.1) is 6.92 Å². The minimum Gasteiger partial charge on any atom is -0.465 e. The number of amidine groups is 1. The number of thioether (sulfide) groups is 1. The van der Waals surface area contributed by atoms with Crippen molar-refractivity contribution in [2.45, 2.75) is 11.8 Å². The fraction of sp³-hybridized carbons (Fsp3) is 0.238. The predicted molar refractivity (Wildman–Crippen MR) is 122 cm³/mol. The summed E-state index contributed by atoms with van der Waals surface area (Å²) in [6.45, 7) is 1.53. The van der Waals surface area contributed by atoms with Crippen LogP contribution in [0.25, 0.3) is 0 Å². The molecule has 2 aliphatic heterocycles. The number of carbonyl (C=O) groups is 3. The summed E-state index contributed by atoms with van der Waals surface area (Å²) >= 11 is 1.16. The molecule has 2 heterocycles. The smallest absolute Gasteiger partial charge is 0.338 e. The largest absolute Gasteiger partial charge is 0.465 e. The monoisotopic (exact) mass is 489 g/mol. The van der Waals surface area contributed by atoms with Gasteiger partial charge in [0.25, 0.3) is 15.9 Å². The third-order valence-corrected chi connectivity index (χ3v) is 7.28. The van der Waals surface area contributed by atoms with E-state index < -0.39 is 34.5 Å². The molecule has 0 aromatic heterocycles. The molecule has 0 saturated carbocycles. The van der Waals surface area contributed by atoms with E-state index in [9.17, 15) is 22.8 Å². The first kappa shape index (κ1) is 22.8. The van der Waals surface area contributed by atoms with Crippen molar-refractivity contribution in [3.05, 3.63) is 53.1 Å². The highest BCUT2D eigenvalue weighted by Crippen LogP contribution is 2.42. The number of benzene rings is 2. The van der Waals surface area contributed by atoms with Gasteiger partial charge in [-0.2, -0.15) is 0 Å². The quantitative estimate of drug-likeness (QED) is 0.628. The average molecular weight is 490 g/mol. The number of hydrogen-bond donors (Lipinski definition) is 1. The molecule has 0 bridgehead atoms. The van der Waals surface area contributed by atoms with Crippen molar-refractivity contribution in [2.24, 2.45) is 4.40 Å². The van der Waals surface area contributed by atoms with E-state index in [4.69, 9.17) is 4.74 Å². The summed E-state index contributed by atoms with van der Waals surface area (Å²) in [4.78, 5) is 38.9. The van der Waals surface area contributed by atoms with Crippen LogP contribution in [0.1, 0.15) is 26.3 Å².